The minimum absolute atomic E-state index is 0.462. The lowest BCUT2D eigenvalue weighted by molar-refractivity contribution is 0.199. The van der Waals surface area contributed by atoms with E-state index in [9.17, 15) is 5.11 Å². The molecule has 0 aliphatic heterocycles. The Labute approximate surface area is 152 Å². The highest BCUT2D eigenvalue weighted by Gasteiger charge is 2.13. The number of aliphatic hydroxyl groups excluding tert-OH is 1. The number of rotatable bonds is 4. The van der Waals surface area contributed by atoms with Gasteiger partial charge in [0.1, 0.15) is 5.82 Å². The second-order valence-corrected chi connectivity index (χ2v) is 6.43. The maximum Gasteiger partial charge on any atom is 0.114 e. The summed E-state index contributed by atoms with van der Waals surface area (Å²) in [4.78, 5) is 9.05. The zero-order valence-corrected chi connectivity index (χ0v) is 14.9. The molecule has 4 rings (SSSR count). The first-order valence-electron chi connectivity index (χ1n) is 8.87. The van der Waals surface area contributed by atoms with Crippen LogP contribution in [-0.2, 0) is 6.42 Å². The molecular formula is C22H21N3O. The first-order valence-corrected chi connectivity index (χ1v) is 8.87. The number of nitrogens with zero attached hydrogens (tertiary/aromatic N) is 3. The topological polar surface area (TPSA) is 50.9 Å². The van der Waals surface area contributed by atoms with Crippen LogP contribution < -0.4 is 0 Å². The van der Waals surface area contributed by atoms with Crippen molar-refractivity contribution in [2.24, 2.45) is 0 Å². The van der Waals surface area contributed by atoms with E-state index in [1.54, 1.807) is 13.1 Å². The second-order valence-electron chi connectivity index (χ2n) is 6.43. The lowest BCUT2D eigenvalue weighted by Crippen LogP contribution is -2.00. The highest BCUT2D eigenvalue weighted by Crippen LogP contribution is 2.27. The lowest BCUT2D eigenvalue weighted by atomic mass is 10.1. The van der Waals surface area contributed by atoms with E-state index < -0.39 is 6.10 Å². The fraction of sp³-hybridized carbons (Fsp3) is 0.182. The highest BCUT2D eigenvalue weighted by molar-refractivity contribution is 5.84. The third-order valence-corrected chi connectivity index (χ3v) is 4.67. The summed E-state index contributed by atoms with van der Waals surface area (Å²) in [6, 6.07) is 18.4. The molecule has 2 heterocycles. The largest absolute Gasteiger partial charge is 0.389 e. The summed E-state index contributed by atoms with van der Waals surface area (Å²) in [6.45, 7) is 3.89. The molecule has 0 bridgehead atoms. The average Bonchev–Trinajstić information content (AvgIpc) is 3.06. The summed E-state index contributed by atoms with van der Waals surface area (Å²) in [5.41, 5.74) is 6.23. The number of aliphatic hydroxyl groups is 1. The van der Waals surface area contributed by atoms with Gasteiger partial charge in [-0.2, -0.15) is 0 Å². The molecule has 0 aliphatic rings. The molecule has 0 saturated heterocycles. The molecule has 0 aliphatic carbocycles. The average molecular weight is 343 g/mol. The Hall–Kier alpha value is -2.98. The van der Waals surface area contributed by atoms with E-state index in [1.807, 2.05) is 36.5 Å². The quantitative estimate of drug-likeness (QED) is 0.584. The predicted molar refractivity (Wildman–Crippen MR) is 104 cm³/mol. The Balaban J connectivity index is 1.84. The van der Waals surface area contributed by atoms with Crippen molar-refractivity contribution < 1.29 is 5.11 Å². The number of fused-ring (bicyclic) bond motifs is 1. The number of pyridine rings is 1. The summed E-state index contributed by atoms with van der Waals surface area (Å²) >= 11 is 0. The molecule has 4 heteroatoms. The third kappa shape index (κ3) is 2.89. The number of hydrogen-bond donors (Lipinski definition) is 1. The van der Waals surface area contributed by atoms with Crippen molar-refractivity contribution in [2.75, 3.05) is 0 Å². The van der Waals surface area contributed by atoms with Gasteiger partial charge in [-0.25, -0.2) is 4.98 Å². The molecule has 26 heavy (non-hydrogen) atoms. The molecule has 4 nitrogen and oxygen atoms in total. The minimum Gasteiger partial charge on any atom is -0.389 e. The van der Waals surface area contributed by atoms with Crippen molar-refractivity contribution in [1.29, 1.82) is 0 Å². The molecular weight excluding hydrogens is 322 g/mol. The van der Waals surface area contributed by atoms with Crippen LogP contribution in [0.3, 0.4) is 0 Å². The van der Waals surface area contributed by atoms with E-state index in [1.165, 1.54) is 0 Å². The van der Waals surface area contributed by atoms with Gasteiger partial charge in [0.25, 0.3) is 0 Å². The van der Waals surface area contributed by atoms with Gasteiger partial charge in [0, 0.05) is 30.1 Å². The van der Waals surface area contributed by atoms with Crippen molar-refractivity contribution in [3.8, 4) is 16.8 Å². The molecule has 0 saturated carbocycles. The molecule has 2 aromatic carbocycles. The first kappa shape index (κ1) is 16.5. The lowest BCUT2D eigenvalue weighted by Gasteiger charge is -2.11. The molecule has 1 N–H and O–H groups in total. The van der Waals surface area contributed by atoms with Gasteiger partial charge in [0.05, 0.1) is 17.1 Å². The SMILES string of the molecule is CCc1nc2cc(-c3cccnc3)ccc2n1-c1ccc(C(C)O)cc1. The third-order valence-electron chi connectivity index (χ3n) is 4.67. The van der Waals surface area contributed by atoms with Crippen molar-refractivity contribution in [3.63, 3.8) is 0 Å². The van der Waals surface area contributed by atoms with E-state index in [0.717, 1.165) is 45.7 Å². The van der Waals surface area contributed by atoms with Crippen molar-refractivity contribution in [3.05, 3.63) is 78.4 Å². The summed E-state index contributed by atoms with van der Waals surface area (Å²) in [6.07, 6.45) is 4.03. The van der Waals surface area contributed by atoms with Gasteiger partial charge in [-0.1, -0.05) is 31.2 Å². The maximum absolute atomic E-state index is 9.73. The fourth-order valence-electron chi connectivity index (χ4n) is 3.27. The number of benzene rings is 2. The molecule has 2 aromatic heterocycles. The van der Waals surface area contributed by atoms with Gasteiger partial charge in [-0.15, -0.1) is 0 Å². The van der Waals surface area contributed by atoms with Gasteiger partial charge in [0.15, 0.2) is 0 Å². The van der Waals surface area contributed by atoms with Crippen LogP contribution in [0.25, 0.3) is 27.8 Å². The van der Waals surface area contributed by atoms with E-state index >= 15 is 0 Å². The normalized spacial score (nSPS) is 12.4. The molecule has 0 amide bonds. The molecule has 0 radical (unpaired) electrons. The van der Waals surface area contributed by atoms with Crippen LogP contribution >= 0.6 is 0 Å². The molecule has 4 aromatic rings. The van der Waals surface area contributed by atoms with Gasteiger partial charge >= 0.3 is 0 Å². The number of hydrogen-bond acceptors (Lipinski definition) is 3. The first-order chi connectivity index (χ1) is 12.7. The van der Waals surface area contributed by atoms with Crippen LogP contribution in [0.1, 0.15) is 31.3 Å². The zero-order valence-electron chi connectivity index (χ0n) is 14.9. The summed E-state index contributed by atoms with van der Waals surface area (Å²) < 4.78 is 2.19. The summed E-state index contributed by atoms with van der Waals surface area (Å²) in [7, 11) is 0. The Morgan fingerprint density at radius 3 is 2.50 bits per heavy atom. The maximum atomic E-state index is 9.73. The fourth-order valence-corrected chi connectivity index (χ4v) is 3.27. The molecule has 1 unspecified atom stereocenters. The minimum atomic E-state index is -0.462. The highest BCUT2D eigenvalue weighted by atomic mass is 16.3. The Kier molecular flexibility index (Phi) is 4.27. The zero-order chi connectivity index (χ0) is 18.1. The van der Waals surface area contributed by atoms with Gasteiger partial charge in [-0.05, 0) is 48.4 Å². The van der Waals surface area contributed by atoms with E-state index in [4.69, 9.17) is 4.98 Å². The Bertz CT molecular complexity index is 1030. The van der Waals surface area contributed by atoms with Crippen LogP contribution in [0.2, 0.25) is 0 Å². The van der Waals surface area contributed by atoms with Crippen LogP contribution in [0.5, 0.6) is 0 Å². The van der Waals surface area contributed by atoms with E-state index in [2.05, 4.69) is 40.7 Å². The van der Waals surface area contributed by atoms with Gasteiger partial charge in [0.2, 0.25) is 0 Å². The molecule has 0 fully saturated rings. The van der Waals surface area contributed by atoms with Gasteiger partial charge in [-0.3, -0.25) is 9.55 Å². The summed E-state index contributed by atoms with van der Waals surface area (Å²) in [5, 5.41) is 9.73. The number of imidazole rings is 1. The van der Waals surface area contributed by atoms with Crippen molar-refractivity contribution in [1.82, 2.24) is 14.5 Å². The van der Waals surface area contributed by atoms with Crippen LogP contribution in [0.15, 0.2) is 67.0 Å². The predicted octanol–water partition coefficient (Wildman–Crippen LogP) is 4.70. The van der Waals surface area contributed by atoms with Crippen molar-refractivity contribution in [2.45, 2.75) is 26.4 Å². The van der Waals surface area contributed by atoms with Crippen LogP contribution in [0, 0.1) is 0 Å². The van der Waals surface area contributed by atoms with Gasteiger partial charge < -0.3 is 5.11 Å². The van der Waals surface area contributed by atoms with Crippen LogP contribution in [0.4, 0.5) is 0 Å². The Morgan fingerprint density at radius 2 is 1.85 bits per heavy atom. The smallest absolute Gasteiger partial charge is 0.114 e. The van der Waals surface area contributed by atoms with Crippen LogP contribution in [-0.4, -0.2) is 19.6 Å². The Morgan fingerprint density at radius 1 is 1.04 bits per heavy atom. The second kappa shape index (κ2) is 6.73. The standard InChI is InChI=1S/C22H21N3O/c1-3-22-24-20-13-17(18-5-4-12-23-14-18)8-11-21(20)25(22)19-9-6-16(7-10-19)15(2)26/h4-15,26H,3H2,1-2H3. The summed E-state index contributed by atoms with van der Waals surface area (Å²) in [5.74, 6) is 1.02. The monoisotopic (exact) mass is 343 g/mol. The van der Waals surface area contributed by atoms with E-state index in [0.29, 0.717) is 0 Å². The molecule has 1 atom stereocenters. The molecule has 0 spiro atoms. The number of aromatic nitrogens is 3. The van der Waals surface area contributed by atoms with Crippen molar-refractivity contribution >= 4 is 11.0 Å². The number of aryl methyl sites for hydroxylation is 1. The van der Waals surface area contributed by atoms with E-state index in [-0.39, 0.29) is 0 Å². The molecule has 130 valence electrons.